The zero-order valence-corrected chi connectivity index (χ0v) is 12.8. The van der Waals surface area contributed by atoms with E-state index in [4.69, 9.17) is 9.26 Å². The van der Waals surface area contributed by atoms with Crippen molar-refractivity contribution < 1.29 is 22.8 Å². The van der Waals surface area contributed by atoms with Crippen molar-refractivity contribution in [2.24, 2.45) is 0 Å². The number of halogens is 2. The lowest BCUT2D eigenvalue weighted by Crippen LogP contribution is -2.37. The second-order valence-electron chi connectivity index (χ2n) is 4.84. The number of hydrogen-bond donors (Lipinski definition) is 2. The molecular weight excluding hydrogens is 308 g/mol. The Bertz CT molecular complexity index is 669. The van der Waals surface area contributed by atoms with Gasteiger partial charge in [-0.2, -0.15) is 0 Å². The topological polar surface area (TPSA) is 76.4 Å². The summed E-state index contributed by atoms with van der Waals surface area (Å²) in [5, 5.41) is 9.05. The molecule has 0 aliphatic heterocycles. The zero-order valence-electron chi connectivity index (χ0n) is 12.8. The van der Waals surface area contributed by atoms with E-state index in [9.17, 15) is 13.6 Å². The summed E-state index contributed by atoms with van der Waals surface area (Å²) in [6.07, 6.45) is 0. The lowest BCUT2D eigenvalue weighted by molar-refractivity contribution is 0.236. The van der Waals surface area contributed by atoms with Crippen LogP contribution >= 0.6 is 0 Å². The van der Waals surface area contributed by atoms with Gasteiger partial charge in [0.25, 0.3) is 0 Å². The van der Waals surface area contributed by atoms with E-state index in [0.717, 1.165) is 23.4 Å². The minimum absolute atomic E-state index is 0.129. The van der Waals surface area contributed by atoms with Crippen LogP contribution in [0.2, 0.25) is 0 Å². The molecule has 2 N–H and O–H groups in total. The van der Waals surface area contributed by atoms with Gasteiger partial charge in [-0.05, 0) is 26.0 Å². The van der Waals surface area contributed by atoms with Crippen LogP contribution < -0.4 is 15.4 Å². The van der Waals surface area contributed by atoms with E-state index in [2.05, 4.69) is 15.8 Å². The fourth-order valence-corrected chi connectivity index (χ4v) is 1.89. The SMILES string of the molecule is Cc1noc(C)c1CNC(=O)NCCOc1ccc(F)c(F)c1. The lowest BCUT2D eigenvalue weighted by Gasteiger charge is -2.09. The number of nitrogens with one attached hydrogen (secondary N) is 2. The maximum atomic E-state index is 13.0. The molecule has 0 unspecified atom stereocenters. The number of nitrogens with zero attached hydrogens (tertiary/aromatic N) is 1. The highest BCUT2D eigenvalue weighted by Crippen LogP contribution is 2.15. The molecule has 1 aromatic heterocycles. The van der Waals surface area contributed by atoms with Crippen molar-refractivity contribution >= 4 is 6.03 Å². The minimum atomic E-state index is -0.979. The second-order valence-corrected chi connectivity index (χ2v) is 4.84. The summed E-state index contributed by atoms with van der Waals surface area (Å²) in [7, 11) is 0. The third-order valence-electron chi connectivity index (χ3n) is 3.15. The van der Waals surface area contributed by atoms with E-state index in [0.29, 0.717) is 12.3 Å². The monoisotopic (exact) mass is 325 g/mol. The van der Waals surface area contributed by atoms with Gasteiger partial charge >= 0.3 is 6.03 Å². The maximum Gasteiger partial charge on any atom is 0.315 e. The molecule has 8 heteroatoms. The van der Waals surface area contributed by atoms with E-state index in [1.165, 1.54) is 6.07 Å². The van der Waals surface area contributed by atoms with E-state index >= 15 is 0 Å². The van der Waals surface area contributed by atoms with Crippen LogP contribution in [0.15, 0.2) is 22.7 Å². The predicted octanol–water partition coefficient (Wildman–Crippen LogP) is 2.45. The van der Waals surface area contributed by atoms with Crippen molar-refractivity contribution in [2.45, 2.75) is 20.4 Å². The zero-order chi connectivity index (χ0) is 16.8. The highest BCUT2D eigenvalue weighted by Gasteiger charge is 2.10. The van der Waals surface area contributed by atoms with Gasteiger partial charge in [0.05, 0.1) is 12.2 Å². The van der Waals surface area contributed by atoms with Crippen LogP contribution in [-0.2, 0) is 6.54 Å². The van der Waals surface area contributed by atoms with Gasteiger partial charge in [-0.15, -0.1) is 0 Å². The maximum absolute atomic E-state index is 13.0. The quantitative estimate of drug-likeness (QED) is 0.800. The largest absolute Gasteiger partial charge is 0.492 e. The molecule has 1 aromatic carbocycles. The number of urea groups is 1. The van der Waals surface area contributed by atoms with Crippen molar-refractivity contribution in [1.29, 1.82) is 0 Å². The summed E-state index contributed by atoms with van der Waals surface area (Å²) in [5.41, 5.74) is 1.56. The summed E-state index contributed by atoms with van der Waals surface area (Å²) < 4.78 is 35.9. The van der Waals surface area contributed by atoms with Crippen LogP contribution in [-0.4, -0.2) is 24.3 Å². The average molecular weight is 325 g/mol. The highest BCUT2D eigenvalue weighted by molar-refractivity contribution is 5.73. The lowest BCUT2D eigenvalue weighted by atomic mass is 10.2. The number of carbonyl (C=O) groups excluding carboxylic acids is 1. The van der Waals surface area contributed by atoms with Crippen molar-refractivity contribution in [3.05, 3.63) is 46.9 Å². The normalized spacial score (nSPS) is 10.4. The van der Waals surface area contributed by atoms with E-state index in [1.807, 2.05) is 0 Å². The Balaban J connectivity index is 1.68. The predicted molar refractivity (Wildman–Crippen MR) is 78.1 cm³/mol. The standard InChI is InChI=1S/C15H17F2N3O3/c1-9-12(10(2)23-20-9)8-19-15(21)18-5-6-22-11-3-4-13(16)14(17)7-11/h3-4,7H,5-6,8H2,1-2H3,(H2,18,19,21). The molecule has 2 aromatic rings. The Morgan fingerprint density at radius 2 is 2.04 bits per heavy atom. The number of ether oxygens (including phenoxy) is 1. The van der Waals surface area contributed by atoms with Gasteiger partial charge < -0.3 is 19.9 Å². The molecule has 0 atom stereocenters. The van der Waals surface area contributed by atoms with Crippen molar-refractivity contribution in [3.63, 3.8) is 0 Å². The molecule has 2 amide bonds. The molecule has 0 fully saturated rings. The van der Waals surface area contributed by atoms with E-state index in [-0.39, 0.29) is 24.9 Å². The number of carbonyl (C=O) groups is 1. The first-order valence-electron chi connectivity index (χ1n) is 6.98. The molecule has 0 radical (unpaired) electrons. The van der Waals surface area contributed by atoms with Crippen LogP contribution in [0.3, 0.4) is 0 Å². The number of aryl methyl sites for hydroxylation is 2. The highest BCUT2D eigenvalue weighted by atomic mass is 19.2. The number of rotatable bonds is 6. The molecule has 124 valence electrons. The van der Waals surface area contributed by atoms with Gasteiger partial charge in [-0.25, -0.2) is 13.6 Å². The third kappa shape index (κ3) is 4.67. The van der Waals surface area contributed by atoms with Crippen LogP contribution in [0.1, 0.15) is 17.0 Å². The first-order chi connectivity index (χ1) is 11.0. The van der Waals surface area contributed by atoms with Crippen molar-refractivity contribution in [3.8, 4) is 5.75 Å². The van der Waals surface area contributed by atoms with Crippen molar-refractivity contribution in [1.82, 2.24) is 15.8 Å². The van der Waals surface area contributed by atoms with E-state index < -0.39 is 11.6 Å². The second kappa shape index (κ2) is 7.57. The fraction of sp³-hybridized carbons (Fsp3) is 0.333. The molecule has 0 saturated carbocycles. The van der Waals surface area contributed by atoms with E-state index in [1.54, 1.807) is 13.8 Å². The minimum Gasteiger partial charge on any atom is -0.492 e. The Morgan fingerprint density at radius 1 is 1.26 bits per heavy atom. The number of aromatic nitrogens is 1. The molecule has 2 rings (SSSR count). The number of amides is 2. The molecule has 0 spiro atoms. The molecule has 1 heterocycles. The fourth-order valence-electron chi connectivity index (χ4n) is 1.89. The van der Waals surface area contributed by atoms with Gasteiger partial charge in [-0.3, -0.25) is 0 Å². The summed E-state index contributed by atoms with van der Waals surface area (Å²) in [4.78, 5) is 11.6. The molecule has 0 aliphatic carbocycles. The van der Waals surface area contributed by atoms with Gasteiger partial charge in [-0.1, -0.05) is 5.16 Å². The van der Waals surface area contributed by atoms with Crippen LogP contribution in [0.4, 0.5) is 13.6 Å². The Kier molecular flexibility index (Phi) is 5.51. The Morgan fingerprint density at radius 3 is 2.70 bits per heavy atom. The van der Waals surface area contributed by atoms with Crippen LogP contribution in [0.25, 0.3) is 0 Å². The average Bonchev–Trinajstić information content (AvgIpc) is 2.84. The van der Waals surface area contributed by atoms with Gasteiger partial charge in [0.2, 0.25) is 0 Å². The summed E-state index contributed by atoms with van der Waals surface area (Å²) in [6.45, 7) is 4.21. The molecule has 0 saturated heterocycles. The third-order valence-corrected chi connectivity index (χ3v) is 3.15. The van der Waals surface area contributed by atoms with Gasteiger partial charge in [0, 0.05) is 18.2 Å². The molecular formula is C15H17F2N3O3. The first-order valence-corrected chi connectivity index (χ1v) is 6.98. The van der Waals surface area contributed by atoms with Crippen molar-refractivity contribution in [2.75, 3.05) is 13.2 Å². The number of benzene rings is 1. The van der Waals surface area contributed by atoms with Gasteiger partial charge in [0.1, 0.15) is 18.1 Å². The molecule has 0 bridgehead atoms. The summed E-state index contributed by atoms with van der Waals surface area (Å²) in [6, 6.07) is 2.87. The van der Waals surface area contributed by atoms with Gasteiger partial charge in [0.15, 0.2) is 11.6 Å². The molecule has 23 heavy (non-hydrogen) atoms. The summed E-state index contributed by atoms with van der Waals surface area (Å²) in [5.74, 6) is -1.06. The number of hydrogen-bond acceptors (Lipinski definition) is 4. The summed E-state index contributed by atoms with van der Waals surface area (Å²) >= 11 is 0. The molecule has 6 nitrogen and oxygen atoms in total. The smallest absolute Gasteiger partial charge is 0.315 e. The molecule has 0 aliphatic rings. The first kappa shape index (κ1) is 16.7. The van der Waals surface area contributed by atoms with Crippen LogP contribution in [0.5, 0.6) is 5.75 Å². The Hall–Kier alpha value is -2.64. The van der Waals surface area contributed by atoms with Crippen LogP contribution in [0, 0.1) is 25.5 Å². The Labute approximate surface area is 131 Å².